The lowest BCUT2D eigenvalue weighted by Gasteiger charge is -2.25. The fourth-order valence-corrected chi connectivity index (χ4v) is 4.49. The highest BCUT2D eigenvalue weighted by molar-refractivity contribution is 5.99. The topological polar surface area (TPSA) is 144 Å². The highest BCUT2D eigenvalue weighted by Gasteiger charge is 2.23. The summed E-state index contributed by atoms with van der Waals surface area (Å²) in [6, 6.07) is 13.5. The first-order valence-electron chi connectivity index (χ1n) is 13.6. The number of ether oxygens (including phenoxy) is 1. The van der Waals surface area contributed by atoms with Gasteiger partial charge in [-0.2, -0.15) is 0 Å². The van der Waals surface area contributed by atoms with Crippen LogP contribution in [0.4, 0.5) is 0 Å². The third-order valence-electron chi connectivity index (χ3n) is 6.68. The van der Waals surface area contributed by atoms with Crippen molar-refractivity contribution in [3.05, 3.63) is 77.1 Å². The summed E-state index contributed by atoms with van der Waals surface area (Å²) in [5.41, 5.74) is 9.28. The largest absolute Gasteiger partial charge is 0.493 e. The van der Waals surface area contributed by atoms with Crippen LogP contribution in [-0.2, 0) is 29.1 Å². The third-order valence-corrected chi connectivity index (χ3v) is 6.68. The number of hydrogen-bond donors (Lipinski definition) is 3. The van der Waals surface area contributed by atoms with Crippen molar-refractivity contribution in [2.75, 3.05) is 19.7 Å². The molecule has 0 spiro atoms. The molecule has 40 heavy (non-hydrogen) atoms. The molecule has 0 radical (unpaired) electrons. The van der Waals surface area contributed by atoms with Crippen molar-refractivity contribution < 1.29 is 19.1 Å². The van der Waals surface area contributed by atoms with Gasteiger partial charge in [-0.05, 0) is 49.9 Å². The quantitative estimate of drug-likeness (QED) is 0.452. The van der Waals surface area contributed by atoms with Crippen LogP contribution in [0.2, 0.25) is 0 Å². The first kappa shape index (κ1) is 28.8. The minimum absolute atomic E-state index is 0.197. The van der Waals surface area contributed by atoms with Crippen molar-refractivity contribution in [1.82, 2.24) is 30.5 Å². The molecule has 11 heteroatoms. The van der Waals surface area contributed by atoms with Gasteiger partial charge < -0.3 is 26.0 Å². The maximum atomic E-state index is 13.4. The van der Waals surface area contributed by atoms with E-state index < -0.39 is 12.1 Å². The maximum absolute atomic E-state index is 13.4. The van der Waals surface area contributed by atoms with Crippen LogP contribution < -0.4 is 21.1 Å². The van der Waals surface area contributed by atoms with E-state index in [4.69, 9.17) is 10.5 Å². The number of carbonyl (C=O) groups is 3. The molecule has 2 atom stereocenters. The van der Waals surface area contributed by atoms with Gasteiger partial charge in [-0.1, -0.05) is 41.6 Å². The lowest BCUT2D eigenvalue weighted by atomic mass is 10.1. The zero-order valence-corrected chi connectivity index (χ0v) is 23.0. The Bertz CT molecular complexity index is 1310. The van der Waals surface area contributed by atoms with Crippen molar-refractivity contribution in [1.29, 1.82) is 0 Å². The Labute approximate surface area is 234 Å². The van der Waals surface area contributed by atoms with Gasteiger partial charge in [0, 0.05) is 26.1 Å². The average Bonchev–Trinajstić information content (AvgIpc) is 3.39. The number of nitrogens with two attached hydrogens (primary N) is 1. The zero-order chi connectivity index (χ0) is 28.5. The SMILES string of the molecule is Cc1ccc2c(c1)OCCCn1cc(nn1)CN(C(=O)[C@H](N)Cc1ccccc1)CCCNC(=O)[C@@H](C)NC2=O. The fourth-order valence-electron chi connectivity index (χ4n) is 4.49. The molecular formula is C29H37N7O4. The Hall–Kier alpha value is -4.25. The van der Waals surface area contributed by atoms with Gasteiger partial charge in [-0.15, -0.1) is 5.10 Å². The number of aromatic nitrogens is 3. The Morgan fingerprint density at radius 3 is 2.75 bits per heavy atom. The van der Waals surface area contributed by atoms with Gasteiger partial charge in [0.2, 0.25) is 11.8 Å². The molecule has 0 saturated heterocycles. The summed E-state index contributed by atoms with van der Waals surface area (Å²) in [6.07, 6.45) is 3.35. The van der Waals surface area contributed by atoms with Crippen LogP contribution in [0.25, 0.3) is 0 Å². The molecule has 2 aromatic carbocycles. The molecule has 11 nitrogen and oxygen atoms in total. The number of aryl methyl sites for hydroxylation is 2. The monoisotopic (exact) mass is 547 g/mol. The van der Waals surface area contributed by atoms with Crippen LogP contribution >= 0.6 is 0 Å². The molecule has 0 aliphatic carbocycles. The third kappa shape index (κ3) is 7.89. The number of nitrogens with zero attached hydrogens (tertiary/aromatic N) is 4. The molecule has 0 unspecified atom stereocenters. The van der Waals surface area contributed by atoms with Gasteiger partial charge >= 0.3 is 0 Å². The predicted molar refractivity (Wildman–Crippen MR) is 149 cm³/mol. The van der Waals surface area contributed by atoms with Crippen LogP contribution in [-0.4, -0.2) is 69.4 Å². The number of hydrogen-bond acceptors (Lipinski definition) is 7. The molecule has 0 fully saturated rings. The summed E-state index contributed by atoms with van der Waals surface area (Å²) < 4.78 is 7.66. The minimum atomic E-state index is -0.755. The lowest BCUT2D eigenvalue weighted by molar-refractivity contribution is -0.133. The Morgan fingerprint density at radius 1 is 1.15 bits per heavy atom. The summed E-state index contributed by atoms with van der Waals surface area (Å²) in [6.45, 7) is 5.41. The highest BCUT2D eigenvalue weighted by Crippen LogP contribution is 2.21. The molecule has 4 N–H and O–H groups in total. The van der Waals surface area contributed by atoms with Gasteiger partial charge in [0.25, 0.3) is 5.91 Å². The lowest BCUT2D eigenvalue weighted by Crippen LogP contribution is -2.47. The van der Waals surface area contributed by atoms with Crippen LogP contribution in [0.5, 0.6) is 5.75 Å². The van der Waals surface area contributed by atoms with Gasteiger partial charge in [-0.25, -0.2) is 0 Å². The second kappa shape index (κ2) is 13.7. The van der Waals surface area contributed by atoms with E-state index in [1.807, 2.05) is 55.6 Å². The van der Waals surface area contributed by atoms with E-state index in [0.717, 1.165) is 11.1 Å². The summed E-state index contributed by atoms with van der Waals surface area (Å²) in [5.74, 6) is -0.441. The van der Waals surface area contributed by atoms with Crippen molar-refractivity contribution in [2.45, 2.75) is 58.3 Å². The first-order valence-corrected chi connectivity index (χ1v) is 13.6. The molecule has 2 bridgehead atoms. The number of amides is 3. The fraction of sp³-hybridized carbons (Fsp3) is 0.414. The van der Waals surface area contributed by atoms with Crippen LogP contribution in [0.1, 0.15) is 46.9 Å². The number of benzene rings is 2. The van der Waals surface area contributed by atoms with E-state index >= 15 is 0 Å². The van der Waals surface area contributed by atoms with Crippen LogP contribution in [0.3, 0.4) is 0 Å². The average molecular weight is 548 g/mol. The second-order valence-corrected chi connectivity index (χ2v) is 10.1. The van der Waals surface area contributed by atoms with Crippen LogP contribution in [0, 0.1) is 6.92 Å². The smallest absolute Gasteiger partial charge is 0.255 e. The van der Waals surface area contributed by atoms with Gasteiger partial charge in [0.1, 0.15) is 17.5 Å². The van der Waals surface area contributed by atoms with E-state index in [0.29, 0.717) is 62.5 Å². The molecule has 2 heterocycles. The molecule has 1 aliphatic heterocycles. The van der Waals surface area contributed by atoms with Crippen molar-refractivity contribution in [3.63, 3.8) is 0 Å². The maximum Gasteiger partial charge on any atom is 0.255 e. The van der Waals surface area contributed by atoms with Gasteiger partial charge in [0.15, 0.2) is 0 Å². The van der Waals surface area contributed by atoms with E-state index in [1.165, 1.54) is 0 Å². The number of rotatable bonds is 3. The Morgan fingerprint density at radius 2 is 1.95 bits per heavy atom. The number of nitrogens with one attached hydrogen (secondary N) is 2. The van der Waals surface area contributed by atoms with Gasteiger partial charge in [-0.3, -0.25) is 19.1 Å². The molecule has 1 aromatic heterocycles. The summed E-state index contributed by atoms with van der Waals surface area (Å²) in [4.78, 5) is 40.7. The molecule has 3 amide bonds. The highest BCUT2D eigenvalue weighted by atomic mass is 16.5. The molecule has 1 aliphatic rings. The number of carbonyl (C=O) groups excluding carboxylic acids is 3. The van der Waals surface area contributed by atoms with E-state index in [1.54, 1.807) is 22.6 Å². The molecule has 4 rings (SSSR count). The standard InChI is InChI=1S/C29H37N7O4/c1-20-10-11-24-26(16-20)40-15-7-14-36-19-23(33-34-36)18-35(13-6-12-31-27(37)21(2)32-28(24)38)29(39)25(30)17-22-8-4-3-5-9-22/h3-5,8-11,16,19,21,25H,6-7,12-15,17-18,30H2,1-2H3,(H,31,37)(H,32,38)/t21-,25-/m1/s1. The Balaban J connectivity index is 1.48. The van der Waals surface area contributed by atoms with Crippen LogP contribution in [0.15, 0.2) is 54.7 Å². The summed E-state index contributed by atoms with van der Waals surface area (Å²) in [7, 11) is 0. The molecule has 0 saturated carbocycles. The van der Waals surface area contributed by atoms with Crippen molar-refractivity contribution in [3.8, 4) is 5.75 Å². The molecular weight excluding hydrogens is 510 g/mol. The molecule has 3 aromatic rings. The zero-order valence-electron chi connectivity index (χ0n) is 23.0. The number of fused-ring (bicyclic) bond motifs is 3. The molecule has 212 valence electrons. The van der Waals surface area contributed by atoms with E-state index in [-0.39, 0.29) is 24.3 Å². The summed E-state index contributed by atoms with van der Waals surface area (Å²) >= 11 is 0. The minimum Gasteiger partial charge on any atom is -0.493 e. The van der Waals surface area contributed by atoms with E-state index in [9.17, 15) is 14.4 Å². The Kier molecular flexibility index (Phi) is 9.85. The van der Waals surface area contributed by atoms with Crippen molar-refractivity contribution >= 4 is 17.7 Å². The van der Waals surface area contributed by atoms with Crippen molar-refractivity contribution in [2.24, 2.45) is 5.73 Å². The first-order chi connectivity index (χ1) is 19.3. The normalized spacial score (nSPS) is 18.2. The summed E-state index contributed by atoms with van der Waals surface area (Å²) in [5, 5.41) is 14.1. The predicted octanol–water partition coefficient (Wildman–Crippen LogP) is 1.59. The second-order valence-electron chi connectivity index (χ2n) is 10.1. The van der Waals surface area contributed by atoms with E-state index in [2.05, 4.69) is 20.9 Å². The van der Waals surface area contributed by atoms with Gasteiger partial charge in [0.05, 0.1) is 31.0 Å².